The van der Waals surface area contributed by atoms with Gasteiger partial charge < -0.3 is 23.5 Å². The lowest BCUT2D eigenvalue weighted by Crippen LogP contribution is -2.52. The first-order valence-corrected chi connectivity index (χ1v) is 14.5. The van der Waals surface area contributed by atoms with Crippen molar-refractivity contribution < 1.29 is 28.5 Å². The van der Waals surface area contributed by atoms with Crippen LogP contribution in [-0.4, -0.2) is 35.3 Å². The third kappa shape index (κ3) is 5.19. The molecule has 0 radical (unpaired) electrons. The van der Waals surface area contributed by atoms with Crippen LogP contribution in [0, 0.1) is 11.8 Å². The summed E-state index contributed by atoms with van der Waals surface area (Å²) in [6.07, 6.45) is -1.61. The van der Waals surface area contributed by atoms with Gasteiger partial charge in [-0.3, -0.25) is 14.4 Å². The zero-order valence-electron chi connectivity index (χ0n) is 25.6. The molecule has 8 nitrogen and oxygen atoms in total. The Morgan fingerprint density at radius 3 is 2.14 bits per heavy atom. The summed E-state index contributed by atoms with van der Waals surface area (Å²) in [7, 11) is 3.38. The summed E-state index contributed by atoms with van der Waals surface area (Å²) in [4.78, 5) is 40.5. The van der Waals surface area contributed by atoms with Gasteiger partial charge in [-0.15, -0.1) is 0 Å². The molecular weight excluding hydrogens is 534 g/mol. The Bertz CT molecular complexity index is 1770. The van der Waals surface area contributed by atoms with Gasteiger partial charge in [0.2, 0.25) is 5.43 Å². The van der Waals surface area contributed by atoms with Crippen LogP contribution in [0.25, 0.3) is 32.6 Å². The van der Waals surface area contributed by atoms with Crippen LogP contribution in [0.5, 0.6) is 11.5 Å². The lowest BCUT2D eigenvalue weighted by molar-refractivity contribution is -0.191. The number of fused-ring (bicyclic) bond motifs is 5. The summed E-state index contributed by atoms with van der Waals surface area (Å²) < 4.78 is 26.4. The van der Waals surface area contributed by atoms with Crippen LogP contribution in [0.1, 0.15) is 66.1 Å². The van der Waals surface area contributed by atoms with Gasteiger partial charge in [0.1, 0.15) is 17.1 Å². The number of nitrogens with zero attached hydrogens (tertiary/aromatic N) is 1. The van der Waals surface area contributed by atoms with Crippen molar-refractivity contribution in [3.8, 4) is 11.5 Å². The number of ether oxygens (including phenoxy) is 4. The molecule has 3 aromatic carbocycles. The van der Waals surface area contributed by atoms with E-state index in [0.717, 1.165) is 10.8 Å². The highest BCUT2D eigenvalue weighted by atomic mass is 16.6. The zero-order chi connectivity index (χ0) is 30.5. The van der Waals surface area contributed by atoms with E-state index >= 15 is 0 Å². The fraction of sp³-hybridized carbons (Fsp3) is 0.441. The zero-order valence-corrected chi connectivity index (χ0v) is 25.6. The van der Waals surface area contributed by atoms with Gasteiger partial charge in [-0.05, 0) is 48.6 Å². The second-order valence-electron chi connectivity index (χ2n) is 12.5. The summed E-state index contributed by atoms with van der Waals surface area (Å²) in [6.45, 7) is 11.3. The summed E-state index contributed by atoms with van der Waals surface area (Å²) in [5.74, 6) is 0.0380. The second-order valence-corrected chi connectivity index (χ2v) is 12.5. The maximum absolute atomic E-state index is 14.2. The molecule has 0 unspecified atom stereocenters. The third-order valence-electron chi connectivity index (χ3n) is 7.80. The van der Waals surface area contributed by atoms with Crippen molar-refractivity contribution in [1.82, 2.24) is 4.57 Å². The molecule has 0 saturated heterocycles. The first kappa shape index (κ1) is 29.4. The topological polar surface area (TPSA) is 93.1 Å². The molecule has 1 aliphatic rings. The number of pyridine rings is 1. The Hall–Kier alpha value is -4.07. The number of carbonyl (C=O) groups is 2. The lowest BCUT2D eigenvalue weighted by atomic mass is 9.86. The van der Waals surface area contributed by atoms with Crippen molar-refractivity contribution in [2.45, 2.75) is 72.2 Å². The maximum Gasteiger partial charge on any atom is 0.306 e. The standard InChI is InChI=1S/C34H39NO7/c1-18(2)13-26(36)40-32-29-25(42-34(5,6)33(32)41-27(37)14-19(3)4)17-24(39-8)28-30(29)35(7)23-16-21-12-10-9-11-20(21)15-22(23)31(28)38/h9-12,15-19,32-33H,13-14H2,1-8H3/t32-,33-/m1/s1. The molecule has 0 spiro atoms. The summed E-state index contributed by atoms with van der Waals surface area (Å²) in [6, 6.07) is 13.4. The number of hydrogen-bond donors (Lipinski definition) is 0. The van der Waals surface area contributed by atoms with Crippen LogP contribution in [0.15, 0.2) is 47.3 Å². The highest BCUT2D eigenvalue weighted by molar-refractivity contribution is 6.04. The molecule has 0 fully saturated rings. The molecular formula is C34H39NO7. The van der Waals surface area contributed by atoms with E-state index in [9.17, 15) is 14.4 Å². The Kier molecular flexibility index (Phi) is 7.68. The fourth-order valence-electron chi connectivity index (χ4n) is 5.90. The number of aryl methyl sites for hydroxylation is 1. The minimum atomic E-state index is -1.06. The molecule has 8 heteroatoms. The Labute approximate surface area is 245 Å². The number of benzene rings is 3. The highest BCUT2D eigenvalue weighted by Crippen LogP contribution is 2.49. The van der Waals surface area contributed by atoms with E-state index in [1.807, 2.05) is 75.7 Å². The Balaban J connectivity index is 1.85. The van der Waals surface area contributed by atoms with Gasteiger partial charge in [0.25, 0.3) is 0 Å². The molecule has 2 heterocycles. The predicted molar refractivity (Wildman–Crippen MR) is 163 cm³/mol. The van der Waals surface area contributed by atoms with Crippen LogP contribution in [-0.2, 0) is 26.1 Å². The summed E-state index contributed by atoms with van der Waals surface area (Å²) in [5.41, 5.74) is 0.396. The van der Waals surface area contributed by atoms with Crippen molar-refractivity contribution >= 4 is 44.5 Å². The van der Waals surface area contributed by atoms with Crippen LogP contribution < -0.4 is 14.9 Å². The fourth-order valence-corrected chi connectivity index (χ4v) is 5.90. The number of rotatable bonds is 7. The number of methoxy groups -OCH3 is 1. The van der Waals surface area contributed by atoms with Crippen molar-refractivity contribution in [1.29, 1.82) is 0 Å². The van der Waals surface area contributed by atoms with E-state index in [0.29, 0.717) is 38.9 Å². The lowest BCUT2D eigenvalue weighted by Gasteiger charge is -2.44. The molecule has 222 valence electrons. The highest BCUT2D eigenvalue weighted by Gasteiger charge is 2.50. The average Bonchev–Trinajstić information content (AvgIpc) is 2.90. The molecule has 42 heavy (non-hydrogen) atoms. The molecule has 4 aromatic rings. The van der Waals surface area contributed by atoms with Gasteiger partial charge in [-0.1, -0.05) is 52.0 Å². The molecule has 0 N–H and O–H groups in total. The number of hydrogen-bond acceptors (Lipinski definition) is 7. The quantitative estimate of drug-likeness (QED) is 0.181. The number of carbonyl (C=O) groups excluding carboxylic acids is 2. The van der Waals surface area contributed by atoms with Crippen LogP contribution >= 0.6 is 0 Å². The van der Waals surface area contributed by atoms with Crippen LogP contribution in [0.2, 0.25) is 0 Å². The van der Waals surface area contributed by atoms with Crippen molar-refractivity contribution in [3.63, 3.8) is 0 Å². The van der Waals surface area contributed by atoms with Gasteiger partial charge in [0, 0.05) is 31.3 Å². The van der Waals surface area contributed by atoms with E-state index < -0.39 is 29.7 Å². The third-order valence-corrected chi connectivity index (χ3v) is 7.80. The normalized spacial score (nSPS) is 17.9. The smallest absolute Gasteiger partial charge is 0.306 e. The van der Waals surface area contributed by atoms with E-state index in [1.165, 1.54) is 7.11 Å². The second kappa shape index (κ2) is 11.0. The van der Waals surface area contributed by atoms with Gasteiger partial charge >= 0.3 is 11.9 Å². The van der Waals surface area contributed by atoms with E-state index in [4.69, 9.17) is 18.9 Å². The summed E-state index contributed by atoms with van der Waals surface area (Å²) in [5, 5.41) is 2.80. The Morgan fingerprint density at radius 1 is 0.952 bits per heavy atom. The molecule has 2 atom stereocenters. The Morgan fingerprint density at radius 2 is 1.55 bits per heavy atom. The van der Waals surface area contributed by atoms with Crippen LogP contribution in [0.3, 0.4) is 0 Å². The average molecular weight is 574 g/mol. The van der Waals surface area contributed by atoms with Crippen molar-refractivity contribution in [2.75, 3.05) is 7.11 Å². The molecule has 0 bridgehead atoms. The van der Waals surface area contributed by atoms with Gasteiger partial charge in [0.05, 0.1) is 29.1 Å². The largest absolute Gasteiger partial charge is 0.496 e. The first-order chi connectivity index (χ1) is 19.8. The van der Waals surface area contributed by atoms with Gasteiger partial charge in [-0.2, -0.15) is 0 Å². The minimum absolute atomic E-state index is 0.0564. The SMILES string of the molecule is COc1cc2c(c3c1c(=O)c1cc4ccccc4cc1n3C)[C@@H](OC(=O)CC(C)C)[C@@H](OC(=O)CC(C)C)C(C)(C)O2. The molecule has 5 rings (SSSR count). The molecule has 1 aromatic heterocycles. The maximum atomic E-state index is 14.2. The molecule has 1 aliphatic heterocycles. The molecule has 0 saturated carbocycles. The number of esters is 2. The number of aromatic nitrogens is 1. The van der Waals surface area contributed by atoms with E-state index in [-0.39, 0.29) is 30.1 Å². The van der Waals surface area contributed by atoms with Crippen molar-refractivity contribution in [2.24, 2.45) is 18.9 Å². The van der Waals surface area contributed by atoms with Crippen LogP contribution in [0.4, 0.5) is 0 Å². The molecule has 0 amide bonds. The molecule has 0 aliphatic carbocycles. The van der Waals surface area contributed by atoms with Crippen molar-refractivity contribution in [3.05, 3.63) is 58.3 Å². The van der Waals surface area contributed by atoms with E-state index in [1.54, 1.807) is 19.9 Å². The van der Waals surface area contributed by atoms with Gasteiger partial charge in [-0.25, -0.2) is 0 Å². The first-order valence-electron chi connectivity index (χ1n) is 14.5. The van der Waals surface area contributed by atoms with Gasteiger partial charge in [0.15, 0.2) is 12.2 Å². The van der Waals surface area contributed by atoms with E-state index in [2.05, 4.69) is 0 Å². The summed E-state index contributed by atoms with van der Waals surface area (Å²) >= 11 is 0. The predicted octanol–water partition coefficient (Wildman–Crippen LogP) is 6.61. The minimum Gasteiger partial charge on any atom is -0.496 e. The monoisotopic (exact) mass is 573 g/mol.